The first kappa shape index (κ1) is 21.9. The summed E-state index contributed by atoms with van der Waals surface area (Å²) in [5.74, 6) is 1.31. The average molecular weight is 401 g/mol. The van der Waals surface area contributed by atoms with Crippen LogP contribution in [0.15, 0.2) is 58.3 Å². The Hall–Kier alpha value is -2.44. The molecule has 2 rings (SSSR count). The van der Waals surface area contributed by atoms with Crippen molar-refractivity contribution in [1.29, 1.82) is 0 Å². The molecular formula is C22H28N2O3S. The summed E-state index contributed by atoms with van der Waals surface area (Å²) in [5, 5.41) is 2.92. The third-order valence-corrected chi connectivity index (χ3v) is 5.08. The topological polar surface area (TPSA) is 50.8 Å². The van der Waals surface area contributed by atoms with Crippen molar-refractivity contribution in [1.82, 2.24) is 10.2 Å². The van der Waals surface area contributed by atoms with Gasteiger partial charge in [-0.1, -0.05) is 30.0 Å². The zero-order chi connectivity index (χ0) is 20.4. The van der Waals surface area contributed by atoms with Gasteiger partial charge in [0, 0.05) is 22.4 Å². The number of hydrogen-bond acceptors (Lipinski definition) is 5. The van der Waals surface area contributed by atoms with Gasteiger partial charge in [0.2, 0.25) is 5.91 Å². The summed E-state index contributed by atoms with van der Waals surface area (Å²) < 4.78 is 10.7. The lowest BCUT2D eigenvalue weighted by molar-refractivity contribution is -0.116. The summed E-state index contributed by atoms with van der Waals surface area (Å²) in [6.45, 7) is 1.62. The zero-order valence-electron chi connectivity index (χ0n) is 16.9. The third kappa shape index (κ3) is 6.94. The van der Waals surface area contributed by atoms with Crippen LogP contribution in [0.2, 0.25) is 0 Å². The molecule has 0 aliphatic carbocycles. The molecule has 0 atom stereocenters. The second-order valence-corrected chi connectivity index (χ2v) is 7.55. The summed E-state index contributed by atoms with van der Waals surface area (Å²) in [4.78, 5) is 16.2. The van der Waals surface area contributed by atoms with E-state index in [4.69, 9.17) is 9.47 Å². The molecule has 0 bridgehead atoms. The Morgan fingerprint density at radius 3 is 2.57 bits per heavy atom. The lowest BCUT2D eigenvalue weighted by Crippen LogP contribution is -2.25. The van der Waals surface area contributed by atoms with E-state index in [1.807, 2.05) is 62.6 Å². The van der Waals surface area contributed by atoms with E-state index in [1.165, 1.54) is 0 Å². The van der Waals surface area contributed by atoms with Gasteiger partial charge in [-0.2, -0.15) is 0 Å². The highest BCUT2D eigenvalue weighted by Gasteiger charge is 2.07. The fraction of sp³-hybridized carbons (Fsp3) is 0.318. The van der Waals surface area contributed by atoms with Crippen molar-refractivity contribution in [2.75, 3.05) is 41.4 Å². The van der Waals surface area contributed by atoms with E-state index < -0.39 is 0 Å². The van der Waals surface area contributed by atoms with Gasteiger partial charge in [0.1, 0.15) is 0 Å². The lowest BCUT2D eigenvalue weighted by Gasteiger charge is -2.10. The maximum absolute atomic E-state index is 12.0. The Balaban J connectivity index is 2.03. The van der Waals surface area contributed by atoms with Gasteiger partial charge in [-0.25, -0.2) is 0 Å². The zero-order valence-corrected chi connectivity index (χ0v) is 17.7. The monoisotopic (exact) mass is 400 g/mol. The van der Waals surface area contributed by atoms with Crippen LogP contribution in [0.25, 0.3) is 6.08 Å². The Morgan fingerprint density at radius 1 is 1.11 bits per heavy atom. The first-order valence-electron chi connectivity index (χ1n) is 9.13. The van der Waals surface area contributed by atoms with Gasteiger partial charge in [0.25, 0.3) is 0 Å². The smallest absolute Gasteiger partial charge is 0.244 e. The second-order valence-electron chi connectivity index (χ2n) is 6.44. The van der Waals surface area contributed by atoms with Crippen molar-refractivity contribution in [2.24, 2.45) is 0 Å². The van der Waals surface area contributed by atoms with Crippen molar-refractivity contribution in [3.05, 3.63) is 54.1 Å². The summed E-state index contributed by atoms with van der Waals surface area (Å²) >= 11 is 1.62. The molecule has 2 aromatic carbocycles. The molecular weight excluding hydrogens is 372 g/mol. The molecule has 28 heavy (non-hydrogen) atoms. The summed E-state index contributed by atoms with van der Waals surface area (Å²) in [6.07, 6.45) is 4.37. The minimum absolute atomic E-state index is 0.0790. The fourth-order valence-electron chi connectivity index (χ4n) is 2.55. The largest absolute Gasteiger partial charge is 0.493 e. The van der Waals surface area contributed by atoms with Crippen molar-refractivity contribution in [2.45, 2.75) is 16.2 Å². The number of ether oxygens (including phenoxy) is 2. The molecule has 0 aliphatic heterocycles. The van der Waals surface area contributed by atoms with Crippen molar-refractivity contribution in [3.63, 3.8) is 0 Å². The Bertz CT molecular complexity index is 806. The number of nitrogens with zero attached hydrogens (tertiary/aromatic N) is 1. The van der Waals surface area contributed by atoms with Gasteiger partial charge in [-0.05, 0) is 63.0 Å². The molecule has 0 unspecified atom stereocenters. The Kier molecular flexibility index (Phi) is 8.91. The van der Waals surface area contributed by atoms with E-state index in [0.717, 1.165) is 28.3 Å². The van der Waals surface area contributed by atoms with Gasteiger partial charge < -0.3 is 19.7 Å². The second kappa shape index (κ2) is 11.4. The number of carbonyl (C=O) groups excluding carboxylic acids is 1. The number of rotatable bonds is 10. The Labute approximate surface area is 171 Å². The van der Waals surface area contributed by atoms with Gasteiger partial charge in [-0.3, -0.25) is 4.79 Å². The Morgan fingerprint density at radius 2 is 1.86 bits per heavy atom. The minimum atomic E-state index is -0.0790. The predicted octanol–water partition coefficient (Wildman–Crippen LogP) is 3.94. The van der Waals surface area contributed by atoms with E-state index in [9.17, 15) is 4.79 Å². The van der Waals surface area contributed by atoms with Crippen LogP contribution in [0, 0.1) is 0 Å². The van der Waals surface area contributed by atoms with E-state index in [0.29, 0.717) is 18.0 Å². The van der Waals surface area contributed by atoms with E-state index in [2.05, 4.69) is 10.2 Å². The molecule has 0 saturated carbocycles. The highest BCUT2D eigenvalue weighted by molar-refractivity contribution is 7.99. The third-order valence-electron chi connectivity index (χ3n) is 4.00. The highest BCUT2D eigenvalue weighted by Crippen LogP contribution is 2.36. The van der Waals surface area contributed by atoms with Crippen molar-refractivity contribution < 1.29 is 14.3 Å². The van der Waals surface area contributed by atoms with Crippen molar-refractivity contribution >= 4 is 23.7 Å². The number of benzene rings is 2. The molecule has 5 nitrogen and oxygen atoms in total. The van der Waals surface area contributed by atoms with Crippen LogP contribution in [-0.2, 0) is 4.79 Å². The van der Waals surface area contributed by atoms with E-state index >= 15 is 0 Å². The summed E-state index contributed by atoms with van der Waals surface area (Å²) in [7, 11) is 7.29. The lowest BCUT2D eigenvalue weighted by atomic mass is 10.2. The standard InChI is InChI=1S/C22H28N2O3S/c1-24(2)15-7-14-23-22(25)13-10-17-8-5-6-9-21(17)28-18-11-12-19(26-3)20(16-18)27-4/h5-6,8-13,16H,7,14-15H2,1-4H3,(H,23,25)/b13-10+. The molecule has 2 aromatic rings. The average Bonchev–Trinajstić information content (AvgIpc) is 2.70. The quantitative estimate of drug-likeness (QED) is 0.484. The van der Waals surface area contributed by atoms with Crippen LogP contribution in [0.5, 0.6) is 11.5 Å². The minimum Gasteiger partial charge on any atom is -0.493 e. The first-order valence-corrected chi connectivity index (χ1v) is 9.94. The molecule has 0 heterocycles. The predicted molar refractivity (Wildman–Crippen MR) is 115 cm³/mol. The molecule has 0 aliphatic rings. The van der Waals surface area contributed by atoms with Crippen LogP contribution >= 0.6 is 11.8 Å². The van der Waals surface area contributed by atoms with Gasteiger partial charge in [0.05, 0.1) is 14.2 Å². The SMILES string of the molecule is COc1ccc(Sc2ccccc2/C=C/C(=O)NCCCN(C)C)cc1OC. The van der Waals surface area contributed by atoms with Crippen LogP contribution in [0.3, 0.4) is 0 Å². The summed E-state index contributed by atoms with van der Waals surface area (Å²) in [5.41, 5.74) is 0.991. The summed E-state index contributed by atoms with van der Waals surface area (Å²) in [6, 6.07) is 13.8. The van der Waals surface area contributed by atoms with Gasteiger partial charge >= 0.3 is 0 Å². The molecule has 0 fully saturated rings. The fourth-order valence-corrected chi connectivity index (χ4v) is 3.51. The molecule has 1 N–H and O–H groups in total. The molecule has 150 valence electrons. The molecule has 0 aromatic heterocycles. The van der Waals surface area contributed by atoms with Crippen LogP contribution < -0.4 is 14.8 Å². The maximum atomic E-state index is 12.0. The van der Waals surface area contributed by atoms with E-state index in [-0.39, 0.29) is 5.91 Å². The molecule has 0 saturated heterocycles. The van der Waals surface area contributed by atoms with Crippen LogP contribution in [0.1, 0.15) is 12.0 Å². The van der Waals surface area contributed by atoms with E-state index in [1.54, 1.807) is 32.1 Å². The number of amides is 1. The molecule has 0 radical (unpaired) electrons. The van der Waals surface area contributed by atoms with Crippen LogP contribution in [0.4, 0.5) is 0 Å². The van der Waals surface area contributed by atoms with Crippen molar-refractivity contribution in [3.8, 4) is 11.5 Å². The highest BCUT2D eigenvalue weighted by atomic mass is 32.2. The molecule has 6 heteroatoms. The molecule has 1 amide bonds. The van der Waals surface area contributed by atoms with Crippen LogP contribution in [-0.4, -0.2) is 52.2 Å². The molecule has 0 spiro atoms. The first-order chi connectivity index (χ1) is 13.5. The number of nitrogens with one attached hydrogen (secondary N) is 1. The number of methoxy groups -OCH3 is 2. The normalized spacial score (nSPS) is 11.0. The number of hydrogen-bond donors (Lipinski definition) is 1. The van der Waals surface area contributed by atoms with Gasteiger partial charge in [0.15, 0.2) is 11.5 Å². The number of carbonyl (C=O) groups is 1. The van der Waals surface area contributed by atoms with Gasteiger partial charge in [-0.15, -0.1) is 0 Å². The maximum Gasteiger partial charge on any atom is 0.244 e.